The van der Waals surface area contributed by atoms with Crippen molar-refractivity contribution in [1.29, 1.82) is 0 Å². The van der Waals surface area contributed by atoms with Gasteiger partial charge in [0.05, 0.1) is 14.2 Å². The molecule has 3 rings (SSSR count). The lowest BCUT2D eigenvalue weighted by Crippen LogP contribution is -2.91. The molecule has 3 atom stereocenters. The Morgan fingerprint density at radius 2 is 1.70 bits per heavy atom. The van der Waals surface area contributed by atoms with Crippen molar-refractivity contribution in [1.82, 2.24) is 0 Å². The summed E-state index contributed by atoms with van der Waals surface area (Å²) in [6.45, 7) is 0. The standard InChI is InChI=1S/C17H17NO2/c1-18-15(12-6-4-3-5-7-12)16(18)17(19)13-8-10-14(20-2)11-9-13/h3-11,15-16H,1-2H3/p+1/t15-,16+,18?/m1/s1. The van der Waals surface area contributed by atoms with Gasteiger partial charge in [0.15, 0.2) is 6.04 Å². The molecule has 1 heterocycles. The Balaban J connectivity index is 1.78. The predicted octanol–water partition coefficient (Wildman–Crippen LogP) is 1.52. The van der Waals surface area contributed by atoms with Gasteiger partial charge in [0.1, 0.15) is 5.75 Å². The molecule has 102 valence electrons. The molecule has 0 bridgehead atoms. The molecule has 0 spiro atoms. The van der Waals surface area contributed by atoms with E-state index in [1.807, 2.05) is 42.5 Å². The highest BCUT2D eigenvalue weighted by atomic mass is 16.5. The van der Waals surface area contributed by atoms with Crippen LogP contribution in [0.15, 0.2) is 54.6 Å². The van der Waals surface area contributed by atoms with Gasteiger partial charge in [0.2, 0.25) is 11.8 Å². The van der Waals surface area contributed by atoms with E-state index in [0.29, 0.717) is 0 Å². The van der Waals surface area contributed by atoms with Crippen molar-refractivity contribution in [3.8, 4) is 5.75 Å². The van der Waals surface area contributed by atoms with E-state index < -0.39 is 0 Å². The Hall–Kier alpha value is -2.13. The molecule has 0 amide bonds. The van der Waals surface area contributed by atoms with Crippen molar-refractivity contribution in [2.75, 3.05) is 14.2 Å². The lowest BCUT2D eigenvalue weighted by molar-refractivity contribution is -0.762. The van der Waals surface area contributed by atoms with Crippen molar-refractivity contribution in [3.63, 3.8) is 0 Å². The van der Waals surface area contributed by atoms with Crippen LogP contribution in [0, 0.1) is 0 Å². The molecule has 0 radical (unpaired) electrons. The van der Waals surface area contributed by atoms with Gasteiger partial charge in [-0.15, -0.1) is 0 Å². The minimum absolute atomic E-state index is 0.0331. The third-order valence-electron chi connectivity index (χ3n) is 4.02. The van der Waals surface area contributed by atoms with E-state index in [-0.39, 0.29) is 17.9 Å². The first kappa shape index (κ1) is 12.9. The number of nitrogens with one attached hydrogen (secondary N) is 1. The molecule has 1 saturated heterocycles. The van der Waals surface area contributed by atoms with Crippen molar-refractivity contribution in [3.05, 3.63) is 65.7 Å². The Morgan fingerprint density at radius 1 is 1.05 bits per heavy atom. The molecule has 1 fully saturated rings. The van der Waals surface area contributed by atoms with Gasteiger partial charge >= 0.3 is 0 Å². The monoisotopic (exact) mass is 268 g/mol. The first-order valence-corrected chi connectivity index (χ1v) is 6.79. The van der Waals surface area contributed by atoms with Gasteiger partial charge in [-0.05, 0) is 24.3 Å². The number of Topliss-reactive ketones (excluding diaryl/α,β-unsaturated/α-hetero) is 1. The minimum atomic E-state index is 0.0331. The highest BCUT2D eigenvalue weighted by Crippen LogP contribution is 2.25. The van der Waals surface area contributed by atoms with Crippen LogP contribution in [0.3, 0.4) is 0 Å². The molecule has 0 aromatic heterocycles. The first-order valence-electron chi connectivity index (χ1n) is 6.79. The highest BCUT2D eigenvalue weighted by Gasteiger charge is 2.57. The average molecular weight is 268 g/mol. The summed E-state index contributed by atoms with van der Waals surface area (Å²) in [4.78, 5) is 13.8. The fourth-order valence-corrected chi connectivity index (χ4v) is 2.80. The van der Waals surface area contributed by atoms with Crippen LogP contribution in [0.4, 0.5) is 0 Å². The fraction of sp³-hybridized carbons (Fsp3) is 0.235. The average Bonchev–Trinajstić information content (AvgIpc) is 3.19. The summed E-state index contributed by atoms with van der Waals surface area (Å²) in [5, 5.41) is 0. The second kappa shape index (κ2) is 5.10. The van der Waals surface area contributed by atoms with Crippen molar-refractivity contribution in [2.45, 2.75) is 12.1 Å². The number of rotatable bonds is 4. The lowest BCUT2D eigenvalue weighted by atomic mass is 10.0. The molecule has 3 nitrogen and oxygen atoms in total. The molecule has 1 aliphatic heterocycles. The van der Waals surface area contributed by atoms with Crippen LogP contribution in [0.1, 0.15) is 22.0 Å². The van der Waals surface area contributed by atoms with Gasteiger partial charge in [-0.2, -0.15) is 0 Å². The van der Waals surface area contributed by atoms with Gasteiger partial charge in [0.25, 0.3) is 0 Å². The van der Waals surface area contributed by atoms with Gasteiger partial charge < -0.3 is 9.64 Å². The number of carbonyl (C=O) groups excluding carboxylic acids is 1. The van der Waals surface area contributed by atoms with Crippen LogP contribution in [0.25, 0.3) is 0 Å². The molecular formula is C17H18NO2+. The molecule has 0 saturated carbocycles. The summed E-state index contributed by atoms with van der Waals surface area (Å²) in [6, 6.07) is 17.9. The molecule has 2 aromatic carbocycles. The molecule has 20 heavy (non-hydrogen) atoms. The van der Waals surface area contributed by atoms with Crippen LogP contribution >= 0.6 is 0 Å². The summed E-state index contributed by atoms with van der Waals surface area (Å²) in [5.74, 6) is 0.983. The van der Waals surface area contributed by atoms with Gasteiger partial charge in [-0.25, -0.2) is 0 Å². The molecule has 1 unspecified atom stereocenters. The quantitative estimate of drug-likeness (QED) is 0.673. The molecule has 2 aromatic rings. The van der Waals surface area contributed by atoms with Gasteiger partial charge in [-0.3, -0.25) is 4.79 Å². The maximum Gasteiger partial charge on any atom is 0.226 e. The maximum absolute atomic E-state index is 12.5. The summed E-state index contributed by atoms with van der Waals surface area (Å²) < 4.78 is 5.12. The zero-order valence-electron chi connectivity index (χ0n) is 11.7. The predicted molar refractivity (Wildman–Crippen MR) is 77.2 cm³/mol. The Morgan fingerprint density at radius 3 is 2.30 bits per heavy atom. The van der Waals surface area contributed by atoms with E-state index in [1.165, 1.54) is 10.5 Å². The van der Waals surface area contributed by atoms with E-state index in [2.05, 4.69) is 19.2 Å². The topological polar surface area (TPSA) is 30.7 Å². The largest absolute Gasteiger partial charge is 0.497 e. The van der Waals surface area contributed by atoms with Crippen molar-refractivity contribution < 1.29 is 14.4 Å². The van der Waals surface area contributed by atoms with Gasteiger partial charge in [0, 0.05) is 11.1 Å². The number of hydrogen-bond acceptors (Lipinski definition) is 2. The smallest absolute Gasteiger partial charge is 0.226 e. The molecular weight excluding hydrogens is 250 g/mol. The summed E-state index contributed by atoms with van der Waals surface area (Å²) in [5.41, 5.74) is 1.99. The number of likely N-dealkylation sites (N-methyl/N-ethyl adjacent to an activating group) is 1. The number of ketones is 1. The Labute approximate surface area is 118 Å². The fourth-order valence-electron chi connectivity index (χ4n) is 2.80. The SMILES string of the molecule is COc1ccc(C(=O)[C@@H]2[C@@H](c3ccccc3)[NH+]2C)cc1. The minimum Gasteiger partial charge on any atom is -0.497 e. The first-order chi connectivity index (χ1) is 9.72. The van der Waals surface area contributed by atoms with Crippen LogP contribution in [0.2, 0.25) is 0 Å². The highest BCUT2D eigenvalue weighted by molar-refractivity contribution is 6.01. The van der Waals surface area contributed by atoms with Crippen LogP contribution in [-0.4, -0.2) is 26.0 Å². The maximum atomic E-state index is 12.5. The number of methoxy groups -OCH3 is 1. The lowest BCUT2D eigenvalue weighted by Gasteiger charge is -2.00. The zero-order chi connectivity index (χ0) is 14.1. The second-order valence-corrected chi connectivity index (χ2v) is 5.20. The van der Waals surface area contributed by atoms with E-state index in [4.69, 9.17) is 4.74 Å². The molecule has 3 heteroatoms. The van der Waals surface area contributed by atoms with E-state index >= 15 is 0 Å². The van der Waals surface area contributed by atoms with Crippen LogP contribution in [-0.2, 0) is 0 Å². The number of ether oxygens (including phenoxy) is 1. The summed E-state index contributed by atoms with van der Waals surface area (Å²) in [6.07, 6.45) is 0. The second-order valence-electron chi connectivity index (χ2n) is 5.20. The van der Waals surface area contributed by atoms with Crippen LogP contribution < -0.4 is 9.64 Å². The number of benzene rings is 2. The normalized spacial score (nSPS) is 24.2. The number of quaternary nitrogens is 1. The Bertz CT molecular complexity index is 607. The zero-order valence-corrected chi connectivity index (χ0v) is 11.7. The molecule has 1 N–H and O–H groups in total. The third kappa shape index (κ3) is 2.21. The molecule has 1 aliphatic rings. The summed E-state index contributed by atoms with van der Waals surface area (Å²) >= 11 is 0. The van der Waals surface area contributed by atoms with Crippen LogP contribution in [0.5, 0.6) is 5.75 Å². The Kier molecular flexibility index (Phi) is 3.28. The van der Waals surface area contributed by atoms with E-state index in [0.717, 1.165) is 11.3 Å². The van der Waals surface area contributed by atoms with E-state index in [9.17, 15) is 4.79 Å². The van der Waals surface area contributed by atoms with Crippen molar-refractivity contribution >= 4 is 5.78 Å². The number of carbonyl (C=O) groups is 1. The van der Waals surface area contributed by atoms with E-state index in [1.54, 1.807) is 7.11 Å². The third-order valence-corrected chi connectivity index (χ3v) is 4.02. The number of hydrogen-bond donors (Lipinski definition) is 1. The molecule has 0 aliphatic carbocycles. The van der Waals surface area contributed by atoms with Crippen molar-refractivity contribution in [2.24, 2.45) is 0 Å². The van der Waals surface area contributed by atoms with Gasteiger partial charge in [-0.1, -0.05) is 30.3 Å². The summed E-state index contributed by atoms with van der Waals surface area (Å²) in [7, 11) is 3.70.